The maximum atomic E-state index is 12.2. The Kier molecular flexibility index (Phi) is 10.2. The van der Waals surface area contributed by atoms with Gasteiger partial charge in [0, 0.05) is 12.1 Å². The number of carbonyl (C=O) groups is 1. The predicted octanol–water partition coefficient (Wildman–Crippen LogP) is 4.22. The van der Waals surface area contributed by atoms with Crippen molar-refractivity contribution in [2.75, 3.05) is 14.2 Å². The van der Waals surface area contributed by atoms with Crippen molar-refractivity contribution in [2.24, 2.45) is 0 Å². The van der Waals surface area contributed by atoms with Crippen LogP contribution < -0.4 is 14.8 Å². The molecule has 0 aliphatic heterocycles. The van der Waals surface area contributed by atoms with Crippen molar-refractivity contribution in [2.45, 2.75) is 20.4 Å². The van der Waals surface area contributed by atoms with Crippen molar-refractivity contribution in [3.63, 3.8) is 0 Å². The molecule has 6 heteroatoms. The van der Waals surface area contributed by atoms with Gasteiger partial charge < -0.3 is 19.9 Å². The zero-order valence-corrected chi connectivity index (χ0v) is 17.1. The van der Waals surface area contributed by atoms with Gasteiger partial charge in [0.15, 0.2) is 11.5 Å². The van der Waals surface area contributed by atoms with E-state index in [1.165, 1.54) is 19.3 Å². The molecule has 6 nitrogen and oxygen atoms in total. The third kappa shape index (κ3) is 7.07. The minimum Gasteiger partial charge on any atom is -0.504 e. The number of hydrogen-bond donors (Lipinski definition) is 2. The van der Waals surface area contributed by atoms with Gasteiger partial charge in [-0.1, -0.05) is 50.3 Å². The van der Waals surface area contributed by atoms with Gasteiger partial charge in [0.25, 0.3) is 5.91 Å². The van der Waals surface area contributed by atoms with E-state index in [1.54, 1.807) is 37.5 Å². The number of para-hydroxylation sites is 1. The molecule has 0 aromatic heterocycles. The van der Waals surface area contributed by atoms with Gasteiger partial charge in [-0.2, -0.15) is 5.26 Å². The lowest BCUT2D eigenvalue weighted by Crippen LogP contribution is -2.24. The van der Waals surface area contributed by atoms with Crippen molar-refractivity contribution >= 4 is 12.0 Å². The maximum absolute atomic E-state index is 12.2. The molecule has 2 rings (SSSR count). The highest BCUT2D eigenvalue weighted by molar-refractivity contribution is 5.97. The molecule has 0 aliphatic carbocycles. The number of nitriles is 1. The topological polar surface area (TPSA) is 91.6 Å². The number of methoxy groups -OCH3 is 2. The van der Waals surface area contributed by atoms with Crippen LogP contribution in [0.15, 0.2) is 60.2 Å². The molecule has 0 unspecified atom stereocenters. The number of amides is 1. The molecule has 2 aromatic carbocycles. The Hall–Kier alpha value is -3.72. The smallest absolute Gasteiger partial charge is 0.262 e. The summed E-state index contributed by atoms with van der Waals surface area (Å²) in [6.45, 7) is 4.25. The summed E-state index contributed by atoms with van der Waals surface area (Å²) in [6.07, 6.45) is 4.72. The normalized spacial score (nSPS) is 10.5. The van der Waals surface area contributed by atoms with Gasteiger partial charge in [-0.3, -0.25) is 4.79 Å². The molecule has 2 aromatic rings. The third-order valence-electron chi connectivity index (χ3n) is 3.75. The van der Waals surface area contributed by atoms with Crippen LogP contribution in [0, 0.1) is 11.3 Å². The number of carbonyl (C=O) groups excluding carboxylic acids is 1. The third-order valence-corrected chi connectivity index (χ3v) is 3.75. The second-order valence-corrected chi connectivity index (χ2v) is 5.48. The Bertz CT molecular complexity index is 911. The largest absolute Gasteiger partial charge is 0.504 e. The van der Waals surface area contributed by atoms with E-state index in [9.17, 15) is 15.2 Å². The minimum absolute atomic E-state index is 0.0214. The van der Waals surface area contributed by atoms with Gasteiger partial charge in [0.1, 0.15) is 17.4 Å². The molecular weight excluding hydrogens is 368 g/mol. The molecule has 0 saturated heterocycles. The van der Waals surface area contributed by atoms with E-state index in [1.807, 2.05) is 38.1 Å². The number of hydrogen-bond acceptors (Lipinski definition) is 5. The van der Waals surface area contributed by atoms with Crippen LogP contribution in [0.3, 0.4) is 0 Å². The first-order chi connectivity index (χ1) is 14.1. The fourth-order valence-electron chi connectivity index (χ4n) is 2.34. The summed E-state index contributed by atoms with van der Waals surface area (Å²) in [5.41, 5.74) is 1.55. The number of nitrogens with zero attached hydrogens (tertiary/aromatic N) is 1. The van der Waals surface area contributed by atoms with E-state index in [-0.39, 0.29) is 17.9 Å². The van der Waals surface area contributed by atoms with Crippen LogP contribution >= 0.6 is 0 Å². The van der Waals surface area contributed by atoms with E-state index < -0.39 is 5.91 Å². The molecule has 0 saturated carbocycles. The molecule has 0 fully saturated rings. The van der Waals surface area contributed by atoms with Gasteiger partial charge in [-0.05, 0) is 29.8 Å². The Morgan fingerprint density at radius 3 is 2.48 bits per heavy atom. The molecular formula is C23H26N2O4. The van der Waals surface area contributed by atoms with Gasteiger partial charge >= 0.3 is 0 Å². The first-order valence-corrected chi connectivity index (χ1v) is 9.14. The lowest BCUT2D eigenvalue weighted by molar-refractivity contribution is -0.117. The molecule has 152 valence electrons. The van der Waals surface area contributed by atoms with Crippen LogP contribution in [0.1, 0.15) is 25.0 Å². The fourth-order valence-corrected chi connectivity index (χ4v) is 2.34. The first-order valence-electron chi connectivity index (χ1n) is 9.14. The van der Waals surface area contributed by atoms with E-state index in [2.05, 4.69) is 5.32 Å². The number of nitrogens with one attached hydrogen (secondary N) is 1. The summed E-state index contributed by atoms with van der Waals surface area (Å²) in [5, 5.41) is 21.5. The summed E-state index contributed by atoms with van der Waals surface area (Å²) in [4.78, 5) is 12.2. The van der Waals surface area contributed by atoms with Gasteiger partial charge in [0.05, 0.1) is 14.2 Å². The van der Waals surface area contributed by atoms with E-state index in [0.717, 1.165) is 11.1 Å². The van der Waals surface area contributed by atoms with Crippen LogP contribution in [-0.2, 0) is 11.3 Å². The molecule has 0 radical (unpaired) electrons. The first kappa shape index (κ1) is 23.3. The minimum atomic E-state index is -0.476. The molecule has 2 N–H and O–H groups in total. The highest BCUT2D eigenvalue weighted by Crippen LogP contribution is 2.26. The number of rotatable bonds is 7. The van der Waals surface area contributed by atoms with E-state index in [0.29, 0.717) is 11.5 Å². The zero-order valence-electron chi connectivity index (χ0n) is 17.1. The maximum Gasteiger partial charge on any atom is 0.262 e. The zero-order chi connectivity index (χ0) is 21.6. The van der Waals surface area contributed by atoms with Gasteiger partial charge in [0.2, 0.25) is 0 Å². The average molecular weight is 394 g/mol. The van der Waals surface area contributed by atoms with Crippen molar-refractivity contribution in [1.82, 2.24) is 5.32 Å². The standard InChI is InChI=1S/C21H20N2O4.C2H6/c1-26-19-9-4-3-7-17(19)14-23-21(25)16(13-22)8-5-6-15-10-11-18(24)20(12-15)27-2;1-2/h3-12,24H,14H2,1-2H3,(H,23,25);1-2H3/b6-5+,16-8+;. The molecule has 0 aliphatic rings. The summed E-state index contributed by atoms with van der Waals surface area (Å²) in [7, 11) is 3.02. The number of allylic oxidation sites excluding steroid dienone is 2. The molecule has 0 atom stereocenters. The Morgan fingerprint density at radius 2 is 1.83 bits per heavy atom. The lowest BCUT2D eigenvalue weighted by atomic mass is 10.1. The predicted molar refractivity (Wildman–Crippen MR) is 114 cm³/mol. The number of benzene rings is 2. The fraction of sp³-hybridized carbons (Fsp3) is 0.217. The van der Waals surface area contributed by atoms with Crippen molar-refractivity contribution in [3.8, 4) is 23.3 Å². The number of ether oxygens (including phenoxy) is 2. The second-order valence-electron chi connectivity index (χ2n) is 5.48. The highest BCUT2D eigenvalue weighted by Gasteiger charge is 2.09. The summed E-state index contributed by atoms with van der Waals surface area (Å²) in [6, 6.07) is 14.1. The van der Waals surface area contributed by atoms with Gasteiger partial charge in [-0.25, -0.2) is 0 Å². The van der Waals surface area contributed by atoms with Crippen LogP contribution in [0.25, 0.3) is 6.08 Å². The van der Waals surface area contributed by atoms with Crippen LogP contribution in [-0.4, -0.2) is 25.2 Å². The summed E-state index contributed by atoms with van der Waals surface area (Å²) >= 11 is 0. The van der Waals surface area contributed by atoms with E-state index in [4.69, 9.17) is 9.47 Å². The summed E-state index contributed by atoms with van der Waals surface area (Å²) in [5.74, 6) is 0.576. The van der Waals surface area contributed by atoms with E-state index >= 15 is 0 Å². The summed E-state index contributed by atoms with van der Waals surface area (Å²) < 4.78 is 10.3. The Morgan fingerprint density at radius 1 is 1.14 bits per heavy atom. The average Bonchev–Trinajstić information content (AvgIpc) is 2.77. The van der Waals surface area contributed by atoms with Crippen molar-refractivity contribution in [3.05, 3.63) is 71.3 Å². The SMILES string of the molecule is CC.COc1cc(/C=C/C=C(\C#N)C(=O)NCc2ccccc2OC)ccc1O. The molecule has 1 amide bonds. The molecule has 0 bridgehead atoms. The van der Waals surface area contributed by atoms with Crippen LogP contribution in [0.2, 0.25) is 0 Å². The monoisotopic (exact) mass is 394 g/mol. The number of aromatic hydroxyl groups is 1. The number of phenols is 1. The Labute approximate surface area is 171 Å². The molecule has 0 spiro atoms. The molecule has 0 heterocycles. The van der Waals surface area contributed by atoms with Crippen LogP contribution in [0.5, 0.6) is 17.2 Å². The van der Waals surface area contributed by atoms with Crippen molar-refractivity contribution < 1.29 is 19.4 Å². The lowest BCUT2D eigenvalue weighted by Gasteiger charge is -2.08. The number of phenolic OH excluding ortho intramolecular Hbond substituents is 1. The van der Waals surface area contributed by atoms with Crippen LogP contribution in [0.4, 0.5) is 0 Å². The van der Waals surface area contributed by atoms with Crippen molar-refractivity contribution in [1.29, 1.82) is 5.26 Å². The molecule has 29 heavy (non-hydrogen) atoms. The quantitative estimate of drug-likeness (QED) is 0.417. The highest BCUT2D eigenvalue weighted by atomic mass is 16.5. The van der Waals surface area contributed by atoms with Gasteiger partial charge in [-0.15, -0.1) is 0 Å². The second kappa shape index (κ2) is 12.6. The Balaban J connectivity index is 0.00000204.